The van der Waals surface area contributed by atoms with Crippen molar-refractivity contribution in [2.24, 2.45) is 0 Å². The Labute approximate surface area is 350 Å². The lowest BCUT2D eigenvalue weighted by Crippen LogP contribution is -2.53. The number of urea groups is 1. The molecule has 24 heteroatoms. The van der Waals surface area contributed by atoms with E-state index in [1.807, 2.05) is 0 Å². The molecule has 1 unspecified atom stereocenters. The molecule has 0 radical (unpaired) electrons. The number of hydrogen-bond acceptors (Lipinski definition) is 13. The number of carbonyl (C=O) groups is 8. The van der Waals surface area contributed by atoms with Crippen LogP contribution >= 0.6 is 12.2 Å². The fraction of sp³-hybridized carbons (Fsp3) is 0.583. The predicted molar refractivity (Wildman–Crippen MR) is 215 cm³/mol. The Hall–Kier alpha value is -5.69. The van der Waals surface area contributed by atoms with Crippen LogP contribution in [0.25, 0.3) is 0 Å². The third-order valence-electron chi connectivity index (χ3n) is 9.31. The zero-order valence-electron chi connectivity index (χ0n) is 32.9. The highest BCUT2D eigenvalue weighted by Gasteiger charge is 2.28. The van der Waals surface area contributed by atoms with E-state index in [0.717, 1.165) is 5.56 Å². The van der Waals surface area contributed by atoms with Gasteiger partial charge in [0.1, 0.15) is 12.1 Å². The van der Waals surface area contributed by atoms with Gasteiger partial charge < -0.3 is 57.0 Å². The van der Waals surface area contributed by atoms with Gasteiger partial charge in [-0.3, -0.25) is 43.6 Å². The number of benzene rings is 1. The molecule has 0 aliphatic carbocycles. The average molecular weight is 871 g/mol. The van der Waals surface area contributed by atoms with Crippen molar-refractivity contribution in [1.82, 2.24) is 35.6 Å². The van der Waals surface area contributed by atoms with Crippen molar-refractivity contribution in [3.05, 3.63) is 29.8 Å². The zero-order chi connectivity index (χ0) is 44.8. The summed E-state index contributed by atoms with van der Waals surface area (Å²) in [5.41, 5.74) is 1.36. The standard InChI is InChI=1S/C36H54N8O15S/c45-28(46)9-8-27(34(57)58)40-35(59)39-26(33(55)56)3-1-2-10-37-36(60)38-24-6-4-23(5-7-24)17-25-18-43(21-31(51)52)14-13-41(19-29(47)48)11-12-42(20-30(49)50)15-16-44(25)22-32(53)54/h4-7,25-27H,1-3,8-22H2,(H,45,46)(H,47,48)(H,49,50)(H,51,52)(H,53,54)(H,55,56)(H,57,58)(H2,37,38,60)(H2,39,40,59)/t25?,26-,27-/m0/s1. The molecule has 1 aliphatic rings. The van der Waals surface area contributed by atoms with Crippen LogP contribution in [0.1, 0.15) is 37.7 Å². The molecule has 11 N–H and O–H groups in total. The fourth-order valence-electron chi connectivity index (χ4n) is 6.34. The summed E-state index contributed by atoms with van der Waals surface area (Å²) in [6, 6.07) is 2.56. The Kier molecular flexibility index (Phi) is 22.2. The molecule has 0 aromatic heterocycles. The minimum atomic E-state index is -1.52. The minimum Gasteiger partial charge on any atom is -0.481 e. The molecule has 0 bridgehead atoms. The normalized spacial score (nSPS) is 17.1. The van der Waals surface area contributed by atoms with Gasteiger partial charge >= 0.3 is 47.8 Å². The van der Waals surface area contributed by atoms with Crippen LogP contribution in [0, 0.1) is 0 Å². The van der Waals surface area contributed by atoms with E-state index in [9.17, 15) is 69.0 Å². The van der Waals surface area contributed by atoms with E-state index in [4.69, 9.17) is 17.3 Å². The molecule has 3 atom stereocenters. The third kappa shape index (κ3) is 21.4. The number of carboxylic acids is 7. The summed E-state index contributed by atoms with van der Waals surface area (Å²) in [5.74, 6) is -8.50. The summed E-state index contributed by atoms with van der Waals surface area (Å²) in [6.45, 7) is 0.00318. The summed E-state index contributed by atoms with van der Waals surface area (Å²) >= 11 is 5.38. The second-order valence-corrected chi connectivity index (χ2v) is 14.5. The minimum absolute atomic E-state index is 0.00165. The number of amides is 2. The van der Waals surface area contributed by atoms with Crippen molar-refractivity contribution < 1.29 is 74.1 Å². The lowest BCUT2D eigenvalue weighted by Gasteiger charge is -2.37. The van der Waals surface area contributed by atoms with Crippen LogP contribution in [0.5, 0.6) is 0 Å². The summed E-state index contributed by atoms with van der Waals surface area (Å²) in [4.78, 5) is 99.6. The molecule has 1 heterocycles. The Morgan fingerprint density at radius 1 is 0.617 bits per heavy atom. The van der Waals surface area contributed by atoms with Crippen LogP contribution in [0.3, 0.4) is 0 Å². The Bertz CT molecular complexity index is 1650. The monoisotopic (exact) mass is 870 g/mol. The van der Waals surface area contributed by atoms with Crippen LogP contribution < -0.4 is 21.3 Å². The molecular formula is C36H54N8O15S. The first kappa shape index (κ1) is 50.5. The molecular weight excluding hydrogens is 817 g/mol. The molecule has 1 saturated heterocycles. The van der Waals surface area contributed by atoms with Gasteiger partial charge in [-0.2, -0.15) is 0 Å². The predicted octanol–water partition coefficient (Wildman–Crippen LogP) is -1.32. The van der Waals surface area contributed by atoms with E-state index in [-0.39, 0.29) is 89.8 Å². The van der Waals surface area contributed by atoms with Crippen LogP contribution in [-0.2, 0) is 40.0 Å². The van der Waals surface area contributed by atoms with E-state index >= 15 is 0 Å². The van der Waals surface area contributed by atoms with Crippen molar-refractivity contribution in [2.75, 3.05) is 83.9 Å². The molecule has 2 rings (SSSR count). The van der Waals surface area contributed by atoms with Gasteiger partial charge in [0.2, 0.25) is 0 Å². The van der Waals surface area contributed by atoms with Crippen LogP contribution in [0.15, 0.2) is 24.3 Å². The lowest BCUT2D eigenvalue weighted by molar-refractivity contribution is -0.142. The van der Waals surface area contributed by atoms with Crippen LogP contribution in [0.4, 0.5) is 10.5 Å². The van der Waals surface area contributed by atoms with Gasteiger partial charge in [0.25, 0.3) is 0 Å². The molecule has 1 aromatic rings. The highest BCUT2D eigenvalue weighted by atomic mass is 32.1. The molecule has 1 aliphatic heterocycles. The first-order valence-electron chi connectivity index (χ1n) is 19.0. The maximum Gasteiger partial charge on any atom is 0.326 e. The fourth-order valence-corrected chi connectivity index (χ4v) is 6.56. The Morgan fingerprint density at radius 3 is 1.60 bits per heavy atom. The topological polar surface area (TPSA) is 339 Å². The lowest BCUT2D eigenvalue weighted by atomic mass is 10.0. The number of thiocarbonyl (C=S) groups is 1. The molecule has 23 nitrogen and oxygen atoms in total. The first-order valence-corrected chi connectivity index (χ1v) is 19.4. The number of unbranched alkanes of at least 4 members (excludes halogenated alkanes) is 1. The van der Waals surface area contributed by atoms with Crippen LogP contribution in [0.2, 0.25) is 0 Å². The van der Waals surface area contributed by atoms with Crippen molar-refractivity contribution in [3.8, 4) is 0 Å². The van der Waals surface area contributed by atoms with Gasteiger partial charge in [-0.25, -0.2) is 14.4 Å². The van der Waals surface area contributed by atoms with E-state index in [2.05, 4.69) is 21.3 Å². The SMILES string of the molecule is O=C(O)CC[C@H](NC(=O)N[C@@H](CCCCNC(=S)Nc1ccc(CC2CN(CC(=O)O)CCN(CC(=O)O)CCN(CC(=O)O)CCN2CC(=O)O)cc1)C(=O)O)C(=O)O. The molecule has 60 heavy (non-hydrogen) atoms. The number of carboxylic acid groups (broad SMARTS) is 7. The van der Waals surface area contributed by atoms with Gasteiger partial charge in [0.15, 0.2) is 5.11 Å². The molecule has 0 saturated carbocycles. The zero-order valence-corrected chi connectivity index (χ0v) is 33.7. The molecule has 2 amide bonds. The number of aliphatic carboxylic acids is 7. The van der Waals surface area contributed by atoms with Gasteiger partial charge in [-0.15, -0.1) is 0 Å². The number of carbonyl (C=O) groups excluding carboxylic acids is 1. The number of nitrogens with zero attached hydrogens (tertiary/aromatic N) is 4. The van der Waals surface area contributed by atoms with Gasteiger partial charge in [-0.05, 0) is 62.0 Å². The maximum absolute atomic E-state index is 12.2. The number of anilines is 1. The van der Waals surface area contributed by atoms with Gasteiger partial charge in [0, 0.05) is 70.5 Å². The first-order chi connectivity index (χ1) is 28.3. The van der Waals surface area contributed by atoms with Crippen LogP contribution in [-0.4, -0.2) is 205 Å². The van der Waals surface area contributed by atoms with Crippen molar-refractivity contribution >= 4 is 70.8 Å². The number of hydrogen-bond donors (Lipinski definition) is 11. The number of nitrogens with one attached hydrogen (secondary N) is 4. The van der Waals surface area contributed by atoms with Crippen molar-refractivity contribution in [1.29, 1.82) is 0 Å². The highest BCUT2D eigenvalue weighted by Crippen LogP contribution is 2.16. The summed E-state index contributed by atoms with van der Waals surface area (Å²) in [7, 11) is 0. The van der Waals surface area contributed by atoms with E-state index in [1.54, 1.807) is 43.9 Å². The highest BCUT2D eigenvalue weighted by molar-refractivity contribution is 7.80. The van der Waals surface area contributed by atoms with E-state index in [0.29, 0.717) is 25.1 Å². The van der Waals surface area contributed by atoms with Crippen molar-refractivity contribution in [2.45, 2.75) is 56.7 Å². The summed E-state index contributed by atoms with van der Waals surface area (Å²) in [6.07, 6.45) is 0.137. The van der Waals surface area contributed by atoms with Crippen molar-refractivity contribution in [3.63, 3.8) is 0 Å². The average Bonchev–Trinajstić information content (AvgIpc) is 3.14. The van der Waals surface area contributed by atoms with Gasteiger partial charge in [-0.1, -0.05) is 12.1 Å². The molecule has 334 valence electrons. The Morgan fingerprint density at radius 2 is 1.10 bits per heavy atom. The molecule has 0 spiro atoms. The molecule has 1 aromatic carbocycles. The largest absolute Gasteiger partial charge is 0.481 e. The smallest absolute Gasteiger partial charge is 0.326 e. The van der Waals surface area contributed by atoms with E-state index in [1.165, 1.54) is 0 Å². The second kappa shape index (κ2) is 26.4. The third-order valence-corrected chi connectivity index (χ3v) is 9.56. The number of rotatable bonds is 23. The second-order valence-electron chi connectivity index (χ2n) is 14.1. The summed E-state index contributed by atoms with van der Waals surface area (Å²) in [5, 5.41) is 76.5. The molecule has 1 fully saturated rings. The van der Waals surface area contributed by atoms with E-state index < -0.39 is 78.9 Å². The summed E-state index contributed by atoms with van der Waals surface area (Å²) < 4.78 is 0. The van der Waals surface area contributed by atoms with Gasteiger partial charge in [0.05, 0.1) is 26.2 Å². The maximum atomic E-state index is 12.2. The quantitative estimate of drug-likeness (QED) is 0.0449. The Balaban J connectivity index is 2.05.